The van der Waals surface area contributed by atoms with E-state index in [0.717, 1.165) is 25.5 Å². The number of aliphatic hydroxyl groups is 1. The number of aldehydes is 1. The number of hydrogen-bond acceptors (Lipinski definition) is 2. The van der Waals surface area contributed by atoms with Gasteiger partial charge in [-0.1, -0.05) is 32.1 Å². The number of carbonyl (C=O) groups is 1. The summed E-state index contributed by atoms with van der Waals surface area (Å²) < 4.78 is 0. The molecule has 0 bridgehead atoms. The van der Waals surface area contributed by atoms with Crippen LogP contribution in [0.1, 0.15) is 58.3 Å². The van der Waals surface area contributed by atoms with Gasteiger partial charge in [0, 0.05) is 6.42 Å². The van der Waals surface area contributed by atoms with Crippen LogP contribution in [0, 0.1) is 0 Å². The van der Waals surface area contributed by atoms with Gasteiger partial charge in [0.1, 0.15) is 6.29 Å². The molecule has 0 aromatic carbocycles. The molecule has 0 aliphatic rings. The van der Waals surface area contributed by atoms with Crippen molar-refractivity contribution in [3.8, 4) is 0 Å². The highest BCUT2D eigenvalue weighted by Gasteiger charge is 1.95. The minimum absolute atomic E-state index is 0.143. The van der Waals surface area contributed by atoms with E-state index < -0.39 is 0 Å². The monoisotopic (exact) mass is 186 g/mol. The van der Waals surface area contributed by atoms with E-state index in [-0.39, 0.29) is 6.10 Å². The molecule has 0 aromatic heterocycles. The van der Waals surface area contributed by atoms with E-state index >= 15 is 0 Å². The maximum absolute atomic E-state index is 9.99. The Balaban J connectivity index is 2.87. The predicted octanol–water partition coefficient (Wildman–Crippen LogP) is 2.69. The maximum Gasteiger partial charge on any atom is 0.119 e. The van der Waals surface area contributed by atoms with Gasteiger partial charge in [-0.05, 0) is 19.8 Å². The third-order valence-corrected chi connectivity index (χ3v) is 2.19. The van der Waals surface area contributed by atoms with Crippen LogP contribution in [-0.4, -0.2) is 17.5 Å². The average molecular weight is 186 g/mol. The molecule has 0 aliphatic heterocycles. The third-order valence-electron chi connectivity index (χ3n) is 2.19. The van der Waals surface area contributed by atoms with Crippen molar-refractivity contribution >= 4 is 6.29 Å². The summed E-state index contributed by atoms with van der Waals surface area (Å²) in [5.74, 6) is 0. The molecule has 0 aliphatic carbocycles. The Bertz CT molecular complexity index is 111. The van der Waals surface area contributed by atoms with Gasteiger partial charge in [0.2, 0.25) is 0 Å². The molecule has 0 amide bonds. The van der Waals surface area contributed by atoms with Crippen LogP contribution in [0.15, 0.2) is 0 Å². The molecule has 0 fully saturated rings. The molecule has 0 aromatic rings. The fraction of sp³-hybridized carbons (Fsp3) is 0.909. The number of aliphatic hydroxyl groups excluding tert-OH is 1. The molecule has 1 unspecified atom stereocenters. The van der Waals surface area contributed by atoms with Crippen LogP contribution in [0.4, 0.5) is 0 Å². The van der Waals surface area contributed by atoms with Crippen molar-refractivity contribution in [1.82, 2.24) is 0 Å². The number of hydrogen-bond donors (Lipinski definition) is 1. The van der Waals surface area contributed by atoms with Crippen LogP contribution in [-0.2, 0) is 4.79 Å². The van der Waals surface area contributed by atoms with E-state index in [0.29, 0.717) is 6.42 Å². The second-order valence-corrected chi connectivity index (χ2v) is 3.71. The molecule has 0 rings (SSSR count). The first kappa shape index (κ1) is 12.6. The minimum Gasteiger partial charge on any atom is -0.393 e. The van der Waals surface area contributed by atoms with Gasteiger partial charge in [0.15, 0.2) is 0 Å². The molecular weight excluding hydrogens is 164 g/mol. The van der Waals surface area contributed by atoms with Gasteiger partial charge in [-0.15, -0.1) is 0 Å². The van der Waals surface area contributed by atoms with Crippen molar-refractivity contribution in [3.05, 3.63) is 0 Å². The zero-order valence-corrected chi connectivity index (χ0v) is 8.67. The normalized spacial score (nSPS) is 12.8. The van der Waals surface area contributed by atoms with Crippen LogP contribution in [0.2, 0.25) is 0 Å². The lowest BCUT2D eigenvalue weighted by Gasteiger charge is -2.03. The summed E-state index contributed by atoms with van der Waals surface area (Å²) in [6, 6.07) is 0. The van der Waals surface area contributed by atoms with Crippen LogP contribution in [0.25, 0.3) is 0 Å². The molecule has 1 atom stereocenters. The highest BCUT2D eigenvalue weighted by molar-refractivity contribution is 5.48. The smallest absolute Gasteiger partial charge is 0.119 e. The topological polar surface area (TPSA) is 37.3 Å². The molecule has 0 saturated heterocycles. The van der Waals surface area contributed by atoms with Crippen molar-refractivity contribution < 1.29 is 9.90 Å². The molecule has 0 saturated carbocycles. The Morgan fingerprint density at radius 2 is 1.62 bits per heavy atom. The largest absolute Gasteiger partial charge is 0.393 e. The van der Waals surface area contributed by atoms with Crippen LogP contribution >= 0.6 is 0 Å². The van der Waals surface area contributed by atoms with Crippen LogP contribution < -0.4 is 0 Å². The first-order valence-corrected chi connectivity index (χ1v) is 5.39. The van der Waals surface area contributed by atoms with Crippen molar-refractivity contribution in [2.24, 2.45) is 0 Å². The van der Waals surface area contributed by atoms with Crippen molar-refractivity contribution in [2.45, 2.75) is 64.4 Å². The number of unbranched alkanes of at least 4 members (excludes halogenated alkanes) is 6. The Kier molecular flexibility index (Phi) is 9.44. The summed E-state index contributed by atoms with van der Waals surface area (Å²) in [7, 11) is 0. The Morgan fingerprint density at radius 1 is 1.08 bits per heavy atom. The number of rotatable bonds is 9. The lowest BCUT2D eigenvalue weighted by molar-refractivity contribution is -0.107. The quantitative estimate of drug-likeness (QED) is 0.444. The summed E-state index contributed by atoms with van der Waals surface area (Å²) in [4.78, 5) is 9.99. The molecular formula is C11H22O2. The van der Waals surface area contributed by atoms with Gasteiger partial charge in [-0.2, -0.15) is 0 Å². The number of carbonyl (C=O) groups excluding carboxylic acids is 1. The minimum atomic E-state index is -0.143. The summed E-state index contributed by atoms with van der Waals surface area (Å²) >= 11 is 0. The molecule has 0 heterocycles. The molecule has 78 valence electrons. The predicted molar refractivity (Wildman–Crippen MR) is 54.7 cm³/mol. The van der Waals surface area contributed by atoms with Crippen molar-refractivity contribution in [2.75, 3.05) is 0 Å². The lowest BCUT2D eigenvalue weighted by atomic mass is 10.1. The summed E-state index contributed by atoms with van der Waals surface area (Å²) in [6.07, 6.45) is 9.52. The maximum atomic E-state index is 9.99. The van der Waals surface area contributed by atoms with Crippen LogP contribution in [0.3, 0.4) is 0 Å². The fourth-order valence-electron chi connectivity index (χ4n) is 1.37. The summed E-state index contributed by atoms with van der Waals surface area (Å²) in [5.41, 5.74) is 0. The second kappa shape index (κ2) is 9.72. The van der Waals surface area contributed by atoms with E-state index in [4.69, 9.17) is 5.11 Å². The summed E-state index contributed by atoms with van der Waals surface area (Å²) in [5, 5.41) is 8.99. The van der Waals surface area contributed by atoms with Crippen molar-refractivity contribution in [1.29, 1.82) is 0 Å². The van der Waals surface area contributed by atoms with E-state index in [9.17, 15) is 4.79 Å². The summed E-state index contributed by atoms with van der Waals surface area (Å²) in [6.45, 7) is 1.84. The first-order chi connectivity index (χ1) is 6.27. The highest BCUT2D eigenvalue weighted by Crippen LogP contribution is 2.08. The van der Waals surface area contributed by atoms with E-state index in [1.807, 2.05) is 6.92 Å². The van der Waals surface area contributed by atoms with Gasteiger partial charge < -0.3 is 9.90 Å². The second-order valence-electron chi connectivity index (χ2n) is 3.71. The molecule has 13 heavy (non-hydrogen) atoms. The molecule has 2 heteroatoms. The van der Waals surface area contributed by atoms with E-state index in [2.05, 4.69) is 0 Å². The van der Waals surface area contributed by atoms with Crippen LogP contribution in [0.5, 0.6) is 0 Å². The Hall–Kier alpha value is -0.370. The molecule has 0 spiro atoms. The fourth-order valence-corrected chi connectivity index (χ4v) is 1.37. The third kappa shape index (κ3) is 11.6. The molecule has 2 nitrogen and oxygen atoms in total. The molecule has 1 N–H and O–H groups in total. The SMILES string of the molecule is CC(O)CCCCCCCCC=O. The first-order valence-electron chi connectivity index (χ1n) is 5.39. The van der Waals surface area contributed by atoms with Gasteiger partial charge >= 0.3 is 0 Å². The zero-order chi connectivity index (χ0) is 9.94. The highest BCUT2D eigenvalue weighted by atomic mass is 16.3. The Morgan fingerprint density at radius 3 is 2.15 bits per heavy atom. The lowest BCUT2D eigenvalue weighted by Crippen LogP contribution is -1.98. The zero-order valence-electron chi connectivity index (χ0n) is 8.67. The van der Waals surface area contributed by atoms with Gasteiger partial charge in [-0.3, -0.25) is 0 Å². The van der Waals surface area contributed by atoms with Crippen molar-refractivity contribution in [3.63, 3.8) is 0 Å². The molecule has 0 radical (unpaired) electrons. The standard InChI is InChI=1S/C11H22O2/c1-11(13)9-7-5-3-2-4-6-8-10-12/h10-11,13H,2-9H2,1H3. The van der Waals surface area contributed by atoms with Gasteiger partial charge in [0.25, 0.3) is 0 Å². The van der Waals surface area contributed by atoms with Gasteiger partial charge in [0.05, 0.1) is 6.10 Å². The van der Waals surface area contributed by atoms with E-state index in [1.54, 1.807) is 0 Å². The average Bonchev–Trinajstić information content (AvgIpc) is 2.09. The Labute approximate surface area is 81.3 Å². The van der Waals surface area contributed by atoms with Gasteiger partial charge in [-0.25, -0.2) is 0 Å². The van der Waals surface area contributed by atoms with E-state index in [1.165, 1.54) is 25.7 Å².